The fraction of sp³-hybridized carbons (Fsp3) is 0.154. The molecule has 0 bridgehead atoms. The predicted molar refractivity (Wildman–Crippen MR) is 128 cm³/mol. The summed E-state index contributed by atoms with van der Waals surface area (Å²) in [5.41, 5.74) is 4.80. The van der Waals surface area contributed by atoms with Crippen LogP contribution in [-0.4, -0.2) is 13.7 Å². The lowest BCUT2D eigenvalue weighted by atomic mass is 10.0. The van der Waals surface area contributed by atoms with Gasteiger partial charge in [-0.2, -0.15) is 0 Å². The van der Waals surface area contributed by atoms with E-state index in [0.29, 0.717) is 10.9 Å². The summed E-state index contributed by atoms with van der Waals surface area (Å²) in [5, 5.41) is 0.493. The van der Waals surface area contributed by atoms with Gasteiger partial charge in [0.1, 0.15) is 11.8 Å². The second-order valence-electron chi connectivity index (χ2n) is 8.47. The minimum atomic E-state index is -0.382. The van der Waals surface area contributed by atoms with Crippen LogP contribution in [0.5, 0.6) is 0 Å². The van der Waals surface area contributed by atoms with Crippen molar-refractivity contribution < 1.29 is 4.42 Å². The zero-order chi connectivity index (χ0) is 22.9. The van der Waals surface area contributed by atoms with Crippen LogP contribution in [0.1, 0.15) is 23.1 Å². The second kappa shape index (κ2) is 6.87. The van der Waals surface area contributed by atoms with Gasteiger partial charge in [0, 0.05) is 26.0 Å². The number of anilines is 2. The van der Waals surface area contributed by atoms with E-state index in [-0.39, 0.29) is 17.3 Å². The molecular weight excluding hydrogens is 416 g/mol. The van der Waals surface area contributed by atoms with Crippen LogP contribution in [0.3, 0.4) is 0 Å². The maximum Gasteiger partial charge on any atom is 0.331 e. The summed E-state index contributed by atoms with van der Waals surface area (Å²) in [4.78, 5) is 28.2. The SMILES string of the molecule is Cc1cccc(N2c3ccccc3-n3cc4c(=O)n(C)c(=O)n(C)c4c3C2c2ccco2)c1. The number of nitrogens with zero attached hydrogens (tertiary/aromatic N) is 4. The van der Waals surface area contributed by atoms with Gasteiger partial charge in [-0.15, -0.1) is 0 Å². The highest BCUT2D eigenvalue weighted by molar-refractivity contribution is 5.88. The molecule has 0 amide bonds. The zero-order valence-electron chi connectivity index (χ0n) is 18.5. The van der Waals surface area contributed by atoms with E-state index in [4.69, 9.17) is 4.42 Å². The number of aromatic nitrogens is 3. The van der Waals surface area contributed by atoms with Crippen molar-refractivity contribution in [2.24, 2.45) is 14.1 Å². The standard InChI is InChI=1S/C26H22N4O3/c1-16-8-6-9-17(14-16)30-20-11-5-4-10-19(20)29-15-18-22(27(2)26(32)28(3)25(18)31)24(29)23(30)21-12-7-13-33-21/h4-15,23H,1-3H3. The van der Waals surface area contributed by atoms with Crippen LogP contribution < -0.4 is 16.1 Å². The molecule has 0 radical (unpaired) electrons. The molecule has 33 heavy (non-hydrogen) atoms. The van der Waals surface area contributed by atoms with Gasteiger partial charge in [0.2, 0.25) is 0 Å². The molecule has 1 aliphatic rings. The number of aryl methyl sites for hydroxylation is 2. The third-order valence-corrected chi connectivity index (χ3v) is 6.47. The maximum atomic E-state index is 13.1. The van der Waals surface area contributed by atoms with Crippen molar-refractivity contribution in [3.05, 3.63) is 111 Å². The molecule has 1 aliphatic heterocycles. The van der Waals surface area contributed by atoms with Crippen molar-refractivity contribution in [1.82, 2.24) is 13.7 Å². The third kappa shape index (κ3) is 2.62. The smallest absolute Gasteiger partial charge is 0.331 e. The topological polar surface area (TPSA) is 65.3 Å². The summed E-state index contributed by atoms with van der Waals surface area (Å²) in [5.74, 6) is 0.723. The Morgan fingerprint density at radius 3 is 2.39 bits per heavy atom. The Hall–Kier alpha value is -4.26. The Morgan fingerprint density at radius 2 is 1.67 bits per heavy atom. The molecule has 1 atom stereocenters. The maximum absolute atomic E-state index is 13.1. The van der Waals surface area contributed by atoms with E-state index in [9.17, 15) is 9.59 Å². The quantitative estimate of drug-likeness (QED) is 0.415. The van der Waals surface area contributed by atoms with E-state index in [0.717, 1.165) is 38.6 Å². The third-order valence-electron chi connectivity index (χ3n) is 6.47. The molecule has 6 rings (SSSR count). The predicted octanol–water partition coefficient (Wildman–Crippen LogP) is 4.17. The zero-order valence-corrected chi connectivity index (χ0v) is 18.5. The molecule has 0 fully saturated rings. The average Bonchev–Trinajstić information content (AvgIpc) is 3.49. The molecule has 0 aliphatic carbocycles. The highest BCUT2D eigenvalue weighted by Crippen LogP contribution is 2.48. The monoisotopic (exact) mass is 438 g/mol. The molecule has 164 valence electrons. The van der Waals surface area contributed by atoms with E-state index in [1.54, 1.807) is 17.9 Å². The first kappa shape index (κ1) is 19.4. The summed E-state index contributed by atoms with van der Waals surface area (Å²) in [6, 6.07) is 19.8. The van der Waals surface area contributed by atoms with E-state index < -0.39 is 0 Å². The first-order chi connectivity index (χ1) is 16.0. The van der Waals surface area contributed by atoms with Crippen LogP contribution in [-0.2, 0) is 14.1 Å². The van der Waals surface area contributed by atoms with Gasteiger partial charge in [-0.1, -0.05) is 24.3 Å². The normalized spacial score (nSPS) is 15.0. The first-order valence-corrected chi connectivity index (χ1v) is 10.8. The van der Waals surface area contributed by atoms with E-state index in [2.05, 4.69) is 36.1 Å². The highest BCUT2D eigenvalue weighted by Gasteiger charge is 2.38. The summed E-state index contributed by atoms with van der Waals surface area (Å²) < 4.78 is 10.7. The van der Waals surface area contributed by atoms with Crippen molar-refractivity contribution >= 4 is 22.3 Å². The fourth-order valence-corrected chi connectivity index (χ4v) is 4.98. The molecule has 7 heteroatoms. The lowest BCUT2D eigenvalue weighted by Crippen LogP contribution is -2.37. The molecule has 0 saturated carbocycles. The molecule has 4 heterocycles. The lowest BCUT2D eigenvalue weighted by Gasteiger charge is -2.39. The van der Waals surface area contributed by atoms with Crippen LogP contribution in [0.2, 0.25) is 0 Å². The molecule has 3 aromatic heterocycles. The van der Waals surface area contributed by atoms with Crippen LogP contribution >= 0.6 is 0 Å². The van der Waals surface area contributed by atoms with Gasteiger partial charge in [-0.05, 0) is 48.9 Å². The number of hydrogen-bond donors (Lipinski definition) is 0. The van der Waals surface area contributed by atoms with Crippen LogP contribution in [0.4, 0.5) is 11.4 Å². The van der Waals surface area contributed by atoms with Crippen LogP contribution in [0, 0.1) is 6.92 Å². The number of furan rings is 1. The van der Waals surface area contributed by atoms with Crippen molar-refractivity contribution in [3.8, 4) is 5.69 Å². The first-order valence-electron chi connectivity index (χ1n) is 10.8. The van der Waals surface area contributed by atoms with Gasteiger partial charge in [0.15, 0.2) is 0 Å². The van der Waals surface area contributed by atoms with Gasteiger partial charge >= 0.3 is 5.69 Å². The molecule has 0 N–H and O–H groups in total. The van der Waals surface area contributed by atoms with E-state index in [1.165, 1.54) is 7.05 Å². The number of para-hydroxylation sites is 2. The Balaban J connectivity index is 1.81. The molecular formula is C26H22N4O3. The minimum Gasteiger partial charge on any atom is -0.467 e. The van der Waals surface area contributed by atoms with E-state index in [1.807, 2.05) is 47.2 Å². The fourth-order valence-electron chi connectivity index (χ4n) is 4.98. The number of benzene rings is 2. The summed E-state index contributed by atoms with van der Waals surface area (Å²) >= 11 is 0. The van der Waals surface area contributed by atoms with Crippen LogP contribution in [0.15, 0.2) is 87.1 Å². The number of fused-ring (bicyclic) bond motifs is 5. The molecule has 0 saturated heterocycles. The highest BCUT2D eigenvalue weighted by atomic mass is 16.3. The molecule has 7 nitrogen and oxygen atoms in total. The Bertz CT molecular complexity index is 1650. The molecule has 1 unspecified atom stereocenters. The Morgan fingerprint density at radius 1 is 0.879 bits per heavy atom. The second-order valence-corrected chi connectivity index (χ2v) is 8.47. The molecule has 0 spiro atoms. The van der Waals surface area contributed by atoms with Gasteiger partial charge in [0.05, 0.1) is 34.2 Å². The van der Waals surface area contributed by atoms with Crippen molar-refractivity contribution in [2.75, 3.05) is 4.90 Å². The largest absolute Gasteiger partial charge is 0.467 e. The van der Waals surface area contributed by atoms with Gasteiger partial charge in [-0.25, -0.2) is 4.79 Å². The summed E-state index contributed by atoms with van der Waals surface area (Å²) in [7, 11) is 3.22. The van der Waals surface area contributed by atoms with Crippen molar-refractivity contribution in [1.29, 1.82) is 0 Å². The average molecular weight is 438 g/mol. The van der Waals surface area contributed by atoms with Gasteiger partial charge < -0.3 is 13.9 Å². The van der Waals surface area contributed by atoms with Crippen molar-refractivity contribution in [3.63, 3.8) is 0 Å². The van der Waals surface area contributed by atoms with Crippen molar-refractivity contribution in [2.45, 2.75) is 13.0 Å². The Kier molecular flexibility index (Phi) is 4.04. The number of rotatable bonds is 2. The van der Waals surface area contributed by atoms with Gasteiger partial charge in [-0.3, -0.25) is 13.9 Å². The van der Waals surface area contributed by atoms with E-state index >= 15 is 0 Å². The molecule has 2 aromatic carbocycles. The molecule has 5 aromatic rings. The number of hydrogen-bond acceptors (Lipinski definition) is 4. The Labute approximate surface area is 189 Å². The minimum absolute atomic E-state index is 0.312. The van der Waals surface area contributed by atoms with Crippen LogP contribution in [0.25, 0.3) is 16.6 Å². The lowest BCUT2D eigenvalue weighted by molar-refractivity contribution is 0.478. The summed E-state index contributed by atoms with van der Waals surface area (Å²) in [6.07, 6.45) is 3.49. The summed E-state index contributed by atoms with van der Waals surface area (Å²) in [6.45, 7) is 2.06. The van der Waals surface area contributed by atoms with Gasteiger partial charge in [0.25, 0.3) is 5.56 Å².